The van der Waals surface area contributed by atoms with Crippen LogP contribution in [0.25, 0.3) is 0 Å². The SMILES string of the molecule is Cc1oc(C)c(C(=O)NCC2CN(Cc3ccccc3)CCO2)c1C. The van der Waals surface area contributed by atoms with Crippen molar-refractivity contribution in [1.29, 1.82) is 0 Å². The van der Waals surface area contributed by atoms with Crippen molar-refractivity contribution >= 4 is 5.91 Å². The Hall–Kier alpha value is -2.11. The number of carbonyl (C=O) groups excluding carboxylic acids is 1. The van der Waals surface area contributed by atoms with Crippen LogP contribution >= 0.6 is 0 Å². The molecule has 1 atom stereocenters. The lowest BCUT2D eigenvalue weighted by atomic mass is 10.1. The number of aryl methyl sites for hydroxylation is 2. The van der Waals surface area contributed by atoms with Crippen LogP contribution in [0, 0.1) is 20.8 Å². The fourth-order valence-electron chi connectivity index (χ4n) is 3.31. The van der Waals surface area contributed by atoms with Gasteiger partial charge in [-0.05, 0) is 26.3 Å². The van der Waals surface area contributed by atoms with E-state index in [9.17, 15) is 4.79 Å². The highest BCUT2D eigenvalue weighted by Gasteiger charge is 2.23. The molecule has 0 saturated carbocycles. The molecule has 1 N–H and O–H groups in total. The first kappa shape index (κ1) is 17.7. The van der Waals surface area contributed by atoms with Crippen molar-refractivity contribution in [2.45, 2.75) is 33.4 Å². The minimum absolute atomic E-state index is 0.00928. The maximum Gasteiger partial charge on any atom is 0.255 e. The minimum Gasteiger partial charge on any atom is -0.466 e. The molecular weight excluding hydrogens is 316 g/mol. The second-order valence-electron chi connectivity index (χ2n) is 6.64. The van der Waals surface area contributed by atoms with Gasteiger partial charge in [0.2, 0.25) is 0 Å². The Labute approximate surface area is 149 Å². The van der Waals surface area contributed by atoms with Gasteiger partial charge < -0.3 is 14.5 Å². The standard InChI is InChI=1S/C20H26N2O3/c1-14-15(2)25-16(3)19(14)20(23)21-11-18-13-22(9-10-24-18)12-17-7-5-4-6-8-17/h4-8,18H,9-13H2,1-3H3,(H,21,23). The van der Waals surface area contributed by atoms with Gasteiger partial charge in [0.1, 0.15) is 11.5 Å². The van der Waals surface area contributed by atoms with E-state index < -0.39 is 0 Å². The number of nitrogens with zero attached hydrogens (tertiary/aromatic N) is 1. The molecule has 1 aliphatic rings. The van der Waals surface area contributed by atoms with Crippen LogP contribution in [0.1, 0.15) is 33.0 Å². The normalized spacial score (nSPS) is 18.3. The van der Waals surface area contributed by atoms with Crippen molar-refractivity contribution in [3.05, 3.63) is 58.5 Å². The number of furan rings is 1. The van der Waals surface area contributed by atoms with Crippen molar-refractivity contribution in [2.24, 2.45) is 0 Å². The Morgan fingerprint density at radius 2 is 1.96 bits per heavy atom. The Kier molecular flexibility index (Phi) is 5.56. The van der Waals surface area contributed by atoms with Gasteiger partial charge >= 0.3 is 0 Å². The van der Waals surface area contributed by atoms with E-state index in [2.05, 4.69) is 34.5 Å². The fourth-order valence-corrected chi connectivity index (χ4v) is 3.31. The number of morpholine rings is 1. The molecule has 0 aliphatic carbocycles. The average Bonchev–Trinajstić information content (AvgIpc) is 2.86. The molecule has 1 aromatic heterocycles. The first-order valence-corrected chi connectivity index (χ1v) is 8.77. The average molecular weight is 342 g/mol. The van der Waals surface area contributed by atoms with Crippen LogP contribution in [0.5, 0.6) is 0 Å². The summed E-state index contributed by atoms with van der Waals surface area (Å²) >= 11 is 0. The van der Waals surface area contributed by atoms with Gasteiger partial charge in [-0.2, -0.15) is 0 Å². The molecule has 1 aromatic carbocycles. The zero-order valence-corrected chi connectivity index (χ0v) is 15.2. The second-order valence-corrected chi connectivity index (χ2v) is 6.64. The van der Waals surface area contributed by atoms with Crippen LogP contribution in [0.15, 0.2) is 34.7 Å². The van der Waals surface area contributed by atoms with Crippen molar-refractivity contribution in [1.82, 2.24) is 10.2 Å². The summed E-state index contributed by atoms with van der Waals surface area (Å²) in [6.45, 7) is 9.46. The summed E-state index contributed by atoms with van der Waals surface area (Å²) in [5.74, 6) is 1.38. The Morgan fingerprint density at radius 1 is 1.20 bits per heavy atom. The molecule has 1 saturated heterocycles. The fraction of sp³-hybridized carbons (Fsp3) is 0.450. The van der Waals surface area contributed by atoms with Crippen molar-refractivity contribution in [3.8, 4) is 0 Å². The molecule has 5 nitrogen and oxygen atoms in total. The third kappa shape index (κ3) is 4.30. The molecule has 0 bridgehead atoms. The lowest BCUT2D eigenvalue weighted by Gasteiger charge is -2.33. The molecule has 1 aliphatic heterocycles. The van der Waals surface area contributed by atoms with E-state index >= 15 is 0 Å². The summed E-state index contributed by atoms with van der Waals surface area (Å²) in [5.41, 5.74) is 2.85. The molecule has 134 valence electrons. The quantitative estimate of drug-likeness (QED) is 0.908. The number of hydrogen-bond donors (Lipinski definition) is 1. The molecule has 0 radical (unpaired) electrons. The largest absolute Gasteiger partial charge is 0.466 e. The molecule has 25 heavy (non-hydrogen) atoms. The van der Waals surface area contributed by atoms with Crippen LogP contribution in [-0.2, 0) is 11.3 Å². The van der Waals surface area contributed by atoms with Crippen molar-refractivity contribution < 1.29 is 13.9 Å². The second kappa shape index (κ2) is 7.85. The molecular formula is C20H26N2O3. The minimum atomic E-state index is -0.0874. The molecule has 0 spiro atoms. The Balaban J connectivity index is 1.53. The molecule has 1 unspecified atom stereocenters. The summed E-state index contributed by atoms with van der Waals surface area (Å²) in [5, 5.41) is 3.00. The predicted molar refractivity (Wildman–Crippen MR) is 96.7 cm³/mol. The molecule has 3 rings (SSSR count). The summed E-state index contributed by atoms with van der Waals surface area (Å²) in [4.78, 5) is 14.8. The van der Waals surface area contributed by atoms with E-state index in [1.807, 2.05) is 26.8 Å². The summed E-state index contributed by atoms with van der Waals surface area (Å²) in [6, 6.07) is 10.4. The van der Waals surface area contributed by atoms with E-state index in [0.29, 0.717) is 24.5 Å². The monoisotopic (exact) mass is 342 g/mol. The van der Waals surface area contributed by atoms with E-state index in [0.717, 1.165) is 31.0 Å². The van der Waals surface area contributed by atoms with Gasteiger partial charge in [-0.25, -0.2) is 0 Å². The van der Waals surface area contributed by atoms with Gasteiger partial charge in [-0.3, -0.25) is 9.69 Å². The molecule has 1 fully saturated rings. The topological polar surface area (TPSA) is 54.7 Å². The van der Waals surface area contributed by atoms with Gasteiger partial charge in [-0.15, -0.1) is 0 Å². The summed E-state index contributed by atoms with van der Waals surface area (Å²) < 4.78 is 11.4. The summed E-state index contributed by atoms with van der Waals surface area (Å²) in [6.07, 6.45) is 0.00928. The number of benzene rings is 1. The number of carbonyl (C=O) groups is 1. The number of nitrogens with one attached hydrogen (secondary N) is 1. The van der Waals surface area contributed by atoms with Crippen molar-refractivity contribution in [2.75, 3.05) is 26.2 Å². The van der Waals surface area contributed by atoms with Crippen LogP contribution in [0.2, 0.25) is 0 Å². The number of rotatable bonds is 5. The number of amides is 1. The zero-order chi connectivity index (χ0) is 17.8. The van der Waals surface area contributed by atoms with Gasteiger partial charge in [0.15, 0.2) is 0 Å². The van der Waals surface area contributed by atoms with Gasteiger partial charge in [-0.1, -0.05) is 30.3 Å². The third-order valence-corrected chi connectivity index (χ3v) is 4.75. The van der Waals surface area contributed by atoms with Crippen molar-refractivity contribution in [3.63, 3.8) is 0 Å². The first-order valence-electron chi connectivity index (χ1n) is 8.77. The van der Waals surface area contributed by atoms with Crippen LogP contribution in [0.4, 0.5) is 0 Å². The van der Waals surface area contributed by atoms with Crippen LogP contribution in [-0.4, -0.2) is 43.2 Å². The van der Waals surface area contributed by atoms with E-state index in [1.165, 1.54) is 5.56 Å². The maximum atomic E-state index is 12.5. The van der Waals surface area contributed by atoms with Gasteiger partial charge in [0, 0.05) is 31.7 Å². The zero-order valence-electron chi connectivity index (χ0n) is 15.2. The van der Waals surface area contributed by atoms with Gasteiger partial charge in [0.25, 0.3) is 5.91 Å². The van der Waals surface area contributed by atoms with Gasteiger partial charge in [0.05, 0.1) is 18.3 Å². The molecule has 1 amide bonds. The Bertz CT molecular complexity index is 724. The Morgan fingerprint density at radius 3 is 2.64 bits per heavy atom. The highest BCUT2D eigenvalue weighted by Crippen LogP contribution is 2.20. The summed E-state index contributed by atoms with van der Waals surface area (Å²) in [7, 11) is 0. The first-order chi connectivity index (χ1) is 12.0. The van der Waals surface area contributed by atoms with E-state index in [-0.39, 0.29) is 12.0 Å². The molecule has 2 aromatic rings. The lowest BCUT2D eigenvalue weighted by molar-refractivity contribution is -0.0292. The van der Waals surface area contributed by atoms with E-state index in [4.69, 9.17) is 9.15 Å². The molecule has 2 heterocycles. The number of ether oxygens (including phenoxy) is 1. The van der Waals surface area contributed by atoms with E-state index in [1.54, 1.807) is 0 Å². The van der Waals surface area contributed by atoms with Crippen LogP contribution in [0.3, 0.4) is 0 Å². The van der Waals surface area contributed by atoms with Crippen LogP contribution < -0.4 is 5.32 Å². The highest BCUT2D eigenvalue weighted by atomic mass is 16.5. The molecule has 5 heteroatoms. The number of hydrogen-bond acceptors (Lipinski definition) is 4. The third-order valence-electron chi connectivity index (χ3n) is 4.75. The maximum absolute atomic E-state index is 12.5. The predicted octanol–water partition coefficient (Wildman–Crippen LogP) is 2.84. The lowest BCUT2D eigenvalue weighted by Crippen LogP contribution is -2.47. The smallest absolute Gasteiger partial charge is 0.255 e. The highest BCUT2D eigenvalue weighted by molar-refractivity contribution is 5.96.